The van der Waals surface area contributed by atoms with Crippen molar-refractivity contribution in [2.24, 2.45) is 0 Å². The van der Waals surface area contributed by atoms with E-state index in [2.05, 4.69) is 10.6 Å². The first-order valence-corrected chi connectivity index (χ1v) is 12.2. The minimum atomic E-state index is -0.894. The van der Waals surface area contributed by atoms with Crippen LogP contribution in [0.25, 0.3) is 0 Å². The monoisotopic (exact) mass is 515 g/mol. The molecular formula is C24H22FN3O7S. The fraction of sp³-hybridized carbons (Fsp3) is 0.333. The van der Waals surface area contributed by atoms with Gasteiger partial charge in [0.25, 0.3) is 5.91 Å². The lowest BCUT2D eigenvalue weighted by Crippen LogP contribution is -2.47. The number of rotatable bonds is 5. The smallest absolute Gasteiger partial charge is 0.330 e. The largest absolute Gasteiger partial charge is 0.486 e. The normalized spacial score (nSPS) is 22.1. The predicted octanol–water partition coefficient (Wildman–Crippen LogP) is 2.38. The summed E-state index contributed by atoms with van der Waals surface area (Å²) < 4.78 is 29.4. The highest BCUT2D eigenvalue weighted by atomic mass is 32.2. The van der Waals surface area contributed by atoms with E-state index in [9.17, 15) is 23.6 Å². The number of benzene rings is 2. The lowest BCUT2D eigenvalue weighted by Gasteiger charge is -2.33. The number of amides is 4. The van der Waals surface area contributed by atoms with Crippen molar-refractivity contribution in [3.63, 3.8) is 0 Å². The Morgan fingerprint density at radius 1 is 1.11 bits per heavy atom. The number of carbonyl (C=O) groups excluding carboxylic acids is 4. The maximum atomic E-state index is 13.4. The summed E-state index contributed by atoms with van der Waals surface area (Å²) in [4.78, 5) is 50.5. The van der Waals surface area contributed by atoms with Crippen LogP contribution >= 0.6 is 11.8 Å². The average molecular weight is 516 g/mol. The second-order valence-corrected chi connectivity index (χ2v) is 9.65. The lowest BCUT2D eigenvalue weighted by atomic mass is 10.0. The SMILES string of the molecule is O=C(COC(=O)C1CSC2(c3ccc(F)cc3)CCC(=O)N12)NC(=O)Nc1ccc2c(c1)OCCO2. The number of thioether (sulfide) groups is 1. The van der Waals surface area contributed by atoms with E-state index in [4.69, 9.17) is 14.2 Å². The van der Waals surface area contributed by atoms with Gasteiger partial charge in [-0.1, -0.05) is 12.1 Å². The Balaban J connectivity index is 1.16. The van der Waals surface area contributed by atoms with Crippen LogP contribution in [0, 0.1) is 5.82 Å². The molecule has 0 bridgehead atoms. The number of nitrogens with one attached hydrogen (secondary N) is 2. The third-order valence-electron chi connectivity index (χ3n) is 6.09. The quantitative estimate of drug-likeness (QED) is 0.582. The molecule has 188 valence electrons. The van der Waals surface area contributed by atoms with Gasteiger partial charge in [0, 0.05) is 23.9 Å². The molecule has 36 heavy (non-hydrogen) atoms. The Bertz CT molecular complexity index is 1220. The second-order valence-electron chi connectivity index (χ2n) is 8.35. The number of hydrogen-bond donors (Lipinski definition) is 2. The first kappa shape index (κ1) is 23.9. The van der Waals surface area contributed by atoms with Crippen LogP contribution < -0.4 is 20.1 Å². The molecule has 10 nitrogen and oxygen atoms in total. The van der Waals surface area contributed by atoms with Crippen molar-refractivity contribution >= 4 is 41.3 Å². The van der Waals surface area contributed by atoms with Crippen LogP contribution in [0.1, 0.15) is 18.4 Å². The van der Waals surface area contributed by atoms with Crippen LogP contribution in [-0.4, -0.2) is 60.3 Å². The molecule has 0 spiro atoms. The van der Waals surface area contributed by atoms with Crippen molar-refractivity contribution in [2.45, 2.75) is 23.8 Å². The van der Waals surface area contributed by atoms with Gasteiger partial charge in [-0.15, -0.1) is 11.8 Å². The van der Waals surface area contributed by atoms with Crippen molar-refractivity contribution in [3.8, 4) is 11.5 Å². The number of urea groups is 1. The van der Waals surface area contributed by atoms with E-state index in [1.807, 2.05) is 0 Å². The highest BCUT2D eigenvalue weighted by Gasteiger charge is 2.57. The summed E-state index contributed by atoms with van der Waals surface area (Å²) in [7, 11) is 0. The highest BCUT2D eigenvalue weighted by Crippen LogP contribution is 2.54. The van der Waals surface area contributed by atoms with Gasteiger partial charge in [-0.05, 0) is 36.2 Å². The van der Waals surface area contributed by atoms with Crippen molar-refractivity contribution in [2.75, 3.05) is 30.9 Å². The molecule has 3 aliphatic rings. The summed E-state index contributed by atoms with van der Waals surface area (Å²) in [5.74, 6) is -0.884. The molecule has 3 heterocycles. The van der Waals surface area contributed by atoms with Gasteiger partial charge in [0.2, 0.25) is 5.91 Å². The van der Waals surface area contributed by atoms with Gasteiger partial charge in [0.15, 0.2) is 18.1 Å². The summed E-state index contributed by atoms with van der Waals surface area (Å²) in [5, 5.41) is 4.59. The summed E-state index contributed by atoms with van der Waals surface area (Å²) >= 11 is 1.41. The van der Waals surface area contributed by atoms with Gasteiger partial charge in [0.05, 0.1) is 0 Å². The summed E-state index contributed by atoms with van der Waals surface area (Å²) in [5.41, 5.74) is 1.11. The number of anilines is 1. The maximum Gasteiger partial charge on any atom is 0.330 e. The Hall–Kier alpha value is -3.80. The molecule has 2 saturated heterocycles. The predicted molar refractivity (Wildman–Crippen MR) is 126 cm³/mol. The van der Waals surface area contributed by atoms with Crippen LogP contribution in [-0.2, 0) is 24.0 Å². The molecule has 2 fully saturated rings. The molecule has 5 rings (SSSR count). The zero-order valence-corrected chi connectivity index (χ0v) is 19.8. The van der Waals surface area contributed by atoms with Crippen LogP contribution in [0.4, 0.5) is 14.9 Å². The number of hydrogen-bond acceptors (Lipinski definition) is 8. The fourth-order valence-corrected chi connectivity index (χ4v) is 6.14. The summed E-state index contributed by atoms with van der Waals surface area (Å²) in [6.07, 6.45) is 0.723. The molecular weight excluding hydrogens is 493 g/mol. The average Bonchev–Trinajstić information content (AvgIpc) is 3.42. The molecule has 3 aliphatic heterocycles. The van der Waals surface area contributed by atoms with Crippen molar-refractivity contribution in [1.82, 2.24) is 10.2 Å². The maximum absolute atomic E-state index is 13.4. The van der Waals surface area contributed by atoms with E-state index >= 15 is 0 Å². The Morgan fingerprint density at radius 3 is 2.64 bits per heavy atom. The van der Waals surface area contributed by atoms with E-state index < -0.39 is 41.2 Å². The number of ether oxygens (including phenoxy) is 3. The van der Waals surface area contributed by atoms with E-state index in [1.54, 1.807) is 30.3 Å². The molecule has 0 aromatic heterocycles. The standard InChI is InChI=1S/C24H22FN3O7S/c25-15-3-1-14(2-4-15)24-8-7-21(30)28(24)17(13-36-24)22(31)35-12-20(29)27-23(32)26-16-5-6-18-19(11-16)34-10-9-33-18/h1-6,11,17H,7-10,12-13H2,(H2,26,27,29,32). The number of fused-ring (bicyclic) bond motifs is 2. The summed E-state index contributed by atoms with van der Waals surface area (Å²) in [6.45, 7) is 0.131. The first-order valence-electron chi connectivity index (χ1n) is 11.2. The first-order chi connectivity index (χ1) is 17.4. The van der Waals surface area contributed by atoms with E-state index in [-0.39, 0.29) is 18.1 Å². The van der Waals surface area contributed by atoms with Crippen LogP contribution in [0.2, 0.25) is 0 Å². The van der Waals surface area contributed by atoms with Crippen molar-refractivity contribution in [3.05, 3.63) is 53.8 Å². The number of esters is 1. The Kier molecular flexibility index (Phi) is 6.44. The molecule has 2 atom stereocenters. The van der Waals surface area contributed by atoms with E-state index in [0.29, 0.717) is 36.8 Å². The topological polar surface area (TPSA) is 123 Å². The third kappa shape index (κ3) is 4.55. The molecule has 2 aromatic carbocycles. The molecule has 0 radical (unpaired) electrons. The number of imide groups is 1. The zero-order chi connectivity index (χ0) is 25.3. The highest BCUT2D eigenvalue weighted by molar-refractivity contribution is 8.00. The minimum Gasteiger partial charge on any atom is -0.486 e. The lowest BCUT2D eigenvalue weighted by molar-refractivity contribution is -0.156. The molecule has 2 aromatic rings. The van der Waals surface area contributed by atoms with Crippen molar-refractivity contribution in [1.29, 1.82) is 0 Å². The van der Waals surface area contributed by atoms with Crippen molar-refractivity contribution < 1.29 is 37.8 Å². The fourth-order valence-electron chi connectivity index (χ4n) is 4.51. The third-order valence-corrected chi connectivity index (χ3v) is 7.69. The van der Waals surface area contributed by atoms with Gasteiger partial charge < -0.3 is 24.4 Å². The van der Waals surface area contributed by atoms with E-state index in [1.165, 1.54) is 28.8 Å². The van der Waals surface area contributed by atoms with Crippen LogP contribution in [0.5, 0.6) is 11.5 Å². The van der Waals surface area contributed by atoms with Crippen LogP contribution in [0.15, 0.2) is 42.5 Å². The number of nitrogens with zero attached hydrogens (tertiary/aromatic N) is 1. The molecule has 0 saturated carbocycles. The Labute approximate surface area is 209 Å². The van der Waals surface area contributed by atoms with Gasteiger partial charge in [-0.3, -0.25) is 14.9 Å². The van der Waals surface area contributed by atoms with Gasteiger partial charge in [0.1, 0.15) is 29.9 Å². The number of carbonyl (C=O) groups is 4. The molecule has 2 unspecified atom stereocenters. The molecule has 12 heteroatoms. The molecule has 2 N–H and O–H groups in total. The Morgan fingerprint density at radius 2 is 1.86 bits per heavy atom. The summed E-state index contributed by atoms with van der Waals surface area (Å²) in [6, 6.07) is 8.94. The van der Waals surface area contributed by atoms with Gasteiger partial charge in [-0.2, -0.15) is 0 Å². The van der Waals surface area contributed by atoms with E-state index in [0.717, 1.165) is 5.56 Å². The van der Waals surface area contributed by atoms with Gasteiger partial charge >= 0.3 is 12.0 Å². The minimum absolute atomic E-state index is 0.213. The van der Waals surface area contributed by atoms with Gasteiger partial charge in [-0.25, -0.2) is 14.0 Å². The zero-order valence-electron chi connectivity index (χ0n) is 19.0. The molecule has 4 amide bonds. The number of halogens is 1. The second kappa shape index (κ2) is 9.69. The molecule has 0 aliphatic carbocycles. The van der Waals surface area contributed by atoms with Crippen LogP contribution in [0.3, 0.4) is 0 Å².